The predicted molar refractivity (Wildman–Crippen MR) is 101 cm³/mol. The Bertz CT molecular complexity index is 919. The van der Waals surface area contributed by atoms with Gasteiger partial charge in [-0.3, -0.25) is 15.2 Å². The number of nitrogens with one attached hydrogen (secondary N) is 3. The molecule has 3 heterocycles. The van der Waals surface area contributed by atoms with Crippen molar-refractivity contribution in [2.24, 2.45) is 0 Å². The van der Waals surface area contributed by atoms with Crippen LogP contribution in [0.1, 0.15) is 17.5 Å². The number of amides is 1. The molecular weight excluding hydrogens is 326 g/mol. The Morgan fingerprint density at radius 2 is 2.15 bits per heavy atom. The van der Waals surface area contributed by atoms with Gasteiger partial charge in [-0.05, 0) is 48.1 Å². The normalized spacial score (nSPS) is 19.7. The molecule has 2 aromatic heterocycles. The summed E-state index contributed by atoms with van der Waals surface area (Å²) >= 11 is 0. The van der Waals surface area contributed by atoms with Gasteiger partial charge in [-0.1, -0.05) is 18.2 Å². The minimum Gasteiger partial charge on any atom is -0.351 e. The summed E-state index contributed by atoms with van der Waals surface area (Å²) in [5.41, 5.74) is 9.78. The van der Waals surface area contributed by atoms with Crippen molar-refractivity contribution in [3.63, 3.8) is 0 Å². The van der Waals surface area contributed by atoms with Crippen molar-refractivity contribution in [2.75, 3.05) is 0 Å². The Kier molecular flexibility index (Phi) is 4.69. The number of pyridine rings is 1. The number of hydrogen-bond acceptors (Lipinski definition) is 4. The van der Waals surface area contributed by atoms with Crippen LogP contribution in [0, 0.1) is 6.92 Å². The highest BCUT2D eigenvalue weighted by Gasteiger charge is 2.29. The molecule has 1 fully saturated rings. The zero-order chi connectivity index (χ0) is 17.9. The van der Waals surface area contributed by atoms with Gasteiger partial charge in [-0.15, -0.1) is 0 Å². The number of hydrogen-bond donors (Lipinski definition) is 3. The van der Waals surface area contributed by atoms with Crippen molar-refractivity contribution in [3.05, 3.63) is 66.1 Å². The number of aryl methyl sites for hydroxylation is 1. The van der Waals surface area contributed by atoms with Crippen molar-refractivity contribution >= 4 is 16.8 Å². The summed E-state index contributed by atoms with van der Waals surface area (Å²) in [5, 5.41) is 4.25. The Hall–Kier alpha value is -2.70. The molecule has 0 aliphatic carbocycles. The van der Waals surface area contributed by atoms with Crippen LogP contribution in [0.25, 0.3) is 10.9 Å². The van der Waals surface area contributed by atoms with Crippen LogP contribution < -0.4 is 16.2 Å². The Balaban J connectivity index is 1.33. The smallest absolute Gasteiger partial charge is 0.238 e. The molecule has 134 valence electrons. The molecule has 0 saturated carbocycles. The summed E-state index contributed by atoms with van der Waals surface area (Å²) in [6.45, 7) is 3.35. The first-order chi connectivity index (χ1) is 12.7. The first-order valence-electron chi connectivity index (χ1n) is 8.93. The monoisotopic (exact) mass is 349 g/mol. The van der Waals surface area contributed by atoms with Gasteiger partial charge in [0.1, 0.15) is 6.04 Å². The topological polar surface area (TPSA) is 71.0 Å². The third-order valence-electron chi connectivity index (χ3n) is 4.99. The highest BCUT2D eigenvalue weighted by atomic mass is 16.2. The first-order valence-corrected chi connectivity index (χ1v) is 8.93. The molecule has 4 rings (SSSR count). The van der Waals surface area contributed by atoms with E-state index in [1.54, 1.807) is 6.20 Å². The number of fused-ring (bicyclic) bond motifs is 1. The molecule has 0 bridgehead atoms. The van der Waals surface area contributed by atoms with E-state index in [4.69, 9.17) is 0 Å². The summed E-state index contributed by atoms with van der Waals surface area (Å²) in [4.78, 5) is 16.5. The molecule has 0 radical (unpaired) electrons. The fourth-order valence-corrected chi connectivity index (χ4v) is 3.46. The lowest BCUT2D eigenvalue weighted by Gasteiger charge is -2.12. The maximum Gasteiger partial charge on any atom is 0.238 e. The number of carbonyl (C=O) groups excluding carboxylic acids is 1. The molecule has 0 spiro atoms. The number of aromatic nitrogens is 2. The molecule has 3 aromatic rings. The Morgan fingerprint density at radius 1 is 1.27 bits per heavy atom. The van der Waals surface area contributed by atoms with E-state index in [0.717, 1.165) is 24.1 Å². The SMILES string of the molecule is Cc1cnccc1CNC(=O)C1CC(Cn2ccc3ccccc32)NN1. The van der Waals surface area contributed by atoms with Crippen LogP contribution in [-0.2, 0) is 17.9 Å². The fraction of sp³-hybridized carbons (Fsp3) is 0.300. The predicted octanol–water partition coefficient (Wildman–Crippen LogP) is 1.90. The van der Waals surface area contributed by atoms with Gasteiger partial charge in [0.2, 0.25) is 5.91 Å². The summed E-state index contributed by atoms with van der Waals surface area (Å²) in [5.74, 6) is 0.0218. The van der Waals surface area contributed by atoms with E-state index in [0.29, 0.717) is 6.54 Å². The summed E-state index contributed by atoms with van der Waals surface area (Å²) in [7, 11) is 0. The van der Waals surface area contributed by atoms with Gasteiger partial charge in [0.25, 0.3) is 0 Å². The molecule has 2 unspecified atom stereocenters. The van der Waals surface area contributed by atoms with E-state index in [2.05, 4.69) is 56.2 Å². The van der Waals surface area contributed by atoms with Gasteiger partial charge in [0.05, 0.1) is 0 Å². The van der Waals surface area contributed by atoms with Crippen LogP contribution in [0.3, 0.4) is 0 Å². The molecular formula is C20H23N5O. The number of rotatable bonds is 5. The standard InChI is InChI=1S/C20H23N5O/c1-14-11-21-8-6-16(14)12-22-20(26)18-10-17(23-24-18)13-25-9-7-15-4-2-3-5-19(15)25/h2-9,11,17-18,23-24H,10,12-13H2,1H3,(H,22,26). The summed E-state index contributed by atoms with van der Waals surface area (Å²) in [6, 6.07) is 12.4. The molecule has 1 aliphatic heterocycles. The third-order valence-corrected chi connectivity index (χ3v) is 4.99. The van der Waals surface area contributed by atoms with Gasteiger partial charge in [-0.2, -0.15) is 0 Å². The molecule has 1 amide bonds. The van der Waals surface area contributed by atoms with Crippen molar-refractivity contribution in [2.45, 2.75) is 38.5 Å². The molecule has 2 atom stereocenters. The number of benzene rings is 1. The largest absolute Gasteiger partial charge is 0.351 e. The van der Waals surface area contributed by atoms with E-state index in [1.807, 2.05) is 25.3 Å². The fourth-order valence-electron chi connectivity index (χ4n) is 3.46. The van der Waals surface area contributed by atoms with Crippen LogP contribution in [0.5, 0.6) is 0 Å². The number of nitrogens with zero attached hydrogens (tertiary/aromatic N) is 2. The lowest BCUT2D eigenvalue weighted by atomic mass is 10.1. The average molecular weight is 349 g/mol. The van der Waals surface area contributed by atoms with Gasteiger partial charge in [-0.25, -0.2) is 5.43 Å². The molecule has 3 N–H and O–H groups in total. The van der Waals surface area contributed by atoms with E-state index >= 15 is 0 Å². The lowest BCUT2D eigenvalue weighted by molar-refractivity contribution is -0.123. The van der Waals surface area contributed by atoms with Crippen molar-refractivity contribution in [1.29, 1.82) is 0 Å². The molecule has 26 heavy (non-hydrogen) atoms. The third kappa shape index (κ3) is 3.47. The summed E-state index contributed by atoms with van der Waals surface area (Å²) < 4.78 is 2.23. The average Bonchev–Trinajstić information content (AvgIpc) is 3.29. The zero-order valence-corrected chi connectivity index (χ0v) is 14.8. The molecule has 6 nitrogen and oxygen atoms in total. The van der Waals surface area contributed by atoms with E-state index < -0.39 is 0 Å². The highest BCUT2D eigenvalue weighted by molar-refractivity contribution is 5.82. The second-order valence-corrected chi connectivity index (χ2v) is 6.82. The molecule has 1 aromatic carbocycles. The Morgan fingerprint density at radius 3 is 3.04 bits per heavy atom. The second-order valence-electron chi connectivity index (χ2n) is 6.82. The van der Waals surface area contributed by atoms with Crippen LogP contribution in [0.2, 0.25) is 0 Å². The number of hydrazine groups is 1. The van der Waals surface area contributed by atoms with Gasteiger partial charge in [0.15, 0.2) is 0 Å². The van der Waals surface area contributed by atoms with E-state index in [9.17, 15) is 4.79 Å². The molecule has 1 aliphatic rings. The Labute approximate surface area is 152 Å². The number of para-hydroxylation sites is 1. The van der Waals surface area contributed by atoms with Crippen LogP contribution >= 0.6 is 0 Å². The first kappa shape index (κ1) is 16.8. The van der Waals surface area contributed by atoms with Gasteiger partial charge in [0, 0.05) is 43.2 Å². The van der Waals surface area contributed by atoms with E-state index in [1.165, 1.54) is 10.9 Å². The van der Waals surface area contributed by atoms with Crippen LogP contribution in [-0.4, -0.2) is 27.5 Å². The van der Waals surface area contributed by atoms with Crippen LogP contribution in [0.15, 0.2) is 55.0 Å². The quantitative estimate of drug-likeness (QED) is 0.658. The minimum atomic E-state index is -0.219. The zero-order valence-electron chi connectivity index (χ0n) is 14.8. The van der Waals surface area contributed by atoms with Crippen molar-refractivity contribution in [3.8, 4) is 0 Å². The number of carbonyl (C=O) groups is 1. The minimum absolute atomic E-state index is 0.0218. The van der Waals surface area contributed by atoms with Crippen molar-refractivity contribution < 1.29 is 4.79 Å². The second kappa shape index (κ2) is 7.27. The molecule has 6 heteroatoms. The van der Waals surface area contributed by atoms with Crippen molar-refractivity contribution in [1.82, 2.24) is 25.7 Å². The van der Waals surface area contributed by atoms with E-state index in [-0.39, 0.29) is 18.0 Å². The summed E-state index contributed by atoms with van der Waals surface area (Å²) in [6.07, 6.45) is 6.43. The van der Waals surface area contributed by atoms with Gasteiger partial charge >= 0.3 is 0 Å². The maximum absolute atomic E-state index is 12.5. The maximum atomic E-state index is 12.5. The highest BCUT2D eigenvalue weighted by Crippen LogP contribution is 2.17. The molecule has 1 saturated heterocycles. The lowest BCUT2D eigenvalue weighted by Crippen LogP contribution is -2.43. The van der Waals surface area contributed by atoms with Gasteiger partial charge < -0.3 is 9.88 Å². The van der Waals surface area contributed by atoms with Crippen LogP contribution in [0.4, 0.5) is 0 Å².